The van der Waals surface area contributed by atoms with Crippen LogP contribution in [0.3, 0.4) is 0 Å². The number of aromatic amines is 2. The van der Waals surface area contributed by atoms with Gasteiger partial charge in [-0.1, -0.05) is 17.9 Å². The van der Waals surface area contributed by atoms with Gasteiger partial charge in [0.1, 0.15) is 5.69 Å². The Labute approximate surface area is 109 Å². The fourth-order valence-corrected chi connectivity index (χ4v) is 1.48. The highest BCUT2D eigenvalue weighted by Crippen LogP contribution is 2.10. The lowest BCUT2D eigenvalue weighted by molar-refractivity contribution is 0.102. The van der Waals surface area contributed by atoms with Crippen LogP contribution in [-0.2, 0) is 0 Å². The minimum atomic E-state index is -0.423. The quantitative estimate of drug-likeness (QED) is 0.579. The Morgan fingerprint density at radius 3 is 2.95 bits per heavy atom. The molecule has 0 unspecified atom stereocenters. The number of imidazole rings is 1. The summed E-state index contributed by atoms with van der Waals surface area (Å²) in [7, 11) is 0. The highest BCUT2D eigenvalue weighted by molar-refractivity contribution is 6.02. The summed E-state index contributed by atoms with van der Waals surface area (Å²) in [6, 6.07) is 7.05. The van der Waals surface area contributed by atoms with E-state index in [2.05, 4.69) is 27.1 Å². The van der Waals surface area contributed by atoms with E-state index in [1.807, 2.05) is 6.07 Å². The highest BCUT2D eigenvalue weighted by atomic mass is 16.2. The van der Waals surface area contributed by atoms with Gasteiger partial charge in [0.05, 0.1) is 6.54 Å². The van der Waals surface area contributed by atoms with Crippen molar-refractivity contribution in [1.29, 1.82) is 0 Å². The van der Waals surface area contributed by atoms with Crippen molar-refractivity contribution in [3.05, 3.63) is 52.2 Å². The molecule has 5 N–H and O–H groups in total. The second-order valence-electron chi connectivity index (χ2n) is 3.70. The van der Waals surface area contributed by atoms with E-state index in [0.29, 0.717) is 5.69 Å². The van der Waals surface area contributed by atoms with E-state index in [1.165, 1.54) is 6.20 Å². The number of nitrogens with one attached hydrogen (secondary N) is 3. The molecule has 1 aromatic carbocycles. The van der Waals surface area contributed by atoms with E-state index in [4.69, 9.17) is 5.73 Å². The molecule has 0 aliphatic rings. The standard InChI is InChI=1S/C13H12N4O2/c14-6-2-4-9-3-1-5-10(7-9)16-12(18)11-8-15-13(19)17-11/h1,3,5,7-8H,6,14H2,(H,16,18)(H2,15,17,19). The average molecular weight is 256 g/mol. The molecule has 0 aliphatic carbocycles. The van der Waals surface area contributed by atoms with E-state index in [-0.39, 0.29) is 12.2 Å². The Balaban J connectivity index is 2.15. The molecule has 2 rings (SSSR count). The summed E-state index contributed by atoms with van der Waals surface area (Å²) in [6.45, 7) is 0.279. The summed E-state index contributed by atoms with van der Waals surface area (Å²) in [4.78, 5) is 27.4. The number of amides is 1. The van der Waals surface area contributed by atoms with Gasteiger partial charge in [0.15, 0.2) is 0 Å². The van der Waals surface area contributed by atoms with Gasteiger partial charge >= 0.3 is 5.69 Å². The first-order valence-electron chi connectivity index (χ1n) is 5.57. The molecular weight excluding hydrogens is 244 g/mol. The van der Waals surface area contributed by atoms with Crippen LogP contribution in [0, 0.1) is 11.8 Å². The molecule has 0 saturated carbocycles. The second-order valence-corrected chi connectivity index (χ2v) is 3.70. The topological polar surface area (TPSA) is 104 Å². The van der Waals surface area contributed by atoms with Crippen molar-refractivity contribution in [2.45, 2.75) is 0 Å². The molecule has 6 nitrogen and oxygen atoms in total. The second kappa shape index (κ2) is 5.71. The minimum Gasteiger partial charge on any atom is -0.321 e. The molecule has 0 aliphatic heterocycles. The average Bonchev–Trinajstić information content (AvgIpc) is 2.83. The molecule has 0 radical (unpaired) electrons. The van der Waals surface area contributed by atoms with Gasteiger partial charge in [-0.05, 0) is 18.2 Å². The minimum absolute atomic E-state index is 0.170. The van der Waals surface area contributed by atoms with Crippen LogP contribution in [0.5, 0.6) is 0 Å². The molecule has 0 atom stereocenters. The van der Waals surface area contributed by atoms with Crippen molar-refractivity contribution in [3.63, 3.8) is 0 Å². The first-order chi connectivity index (χ1) is 9.19. The highest BCUT2D eigenvalue weighted by Gasteiger charge is 2.07. The maximum atomic E-state index is 11.8. The van der Waals surface area contributed by atoms with Gasteiger partial charge in [-0.3, -0.25) is 4.79 Å². The number of benzene rings is 1. The zero-order chi connectivity index (χ0) is 13.7. The van der Waals surface area contributed by atoms with Crippen molar-refractivity contribution in [2.24, 2.45) is 5.73 Å². The van der Waals surface area contributed by atoms with E-state index < -0.39 is 11.6 Å². The lowest BCUT2D eigenvalue weighted by Gasteiger charge is -2.03. The normalized spacial score (nSPS) is 9.53. The Morgan fingerprint density at radius 1 is 1.42 bits per heavy atom. The molecule has 19 heavy (non-hydrogen) atoms. The third kappa shape index (κ3) is 3.34. The number of carbonyl (C=O) groups is 1. The Morgan fingerprint density at radius 2 is 2.26 bits per heavy atom. The smallest absolute Gasteiger partial charge is 0.321 e. The van der Waals surface area contributed by atoms with E-state index >= 15 is 0 Å². The maximum Gasteiger partial charge on any atom is 0.323 e. The molecule has 0 spiro atoms. The van der Waals surface area contributed by atoms with Gasteiger partial charge in [0, 0.05) is 17.4 Å². The zero-order valence-electron chi connectivity index (χ0n) is 9.99. The lowest BCUT2D eigenvalue weighted by atomic mass is 10.2. The number of H-pyrrole nitrogens is 2. The first kappa shape index (κ1) is 12.7. The number of rotatable bonds is 2. The SMILES string of the molecule is NCC#Cc1cccc(NC(=O)c2c[nH]c(=O)[nH]2)c1. The van der Waals surface area contributed by atoms with Crippen molar-refractivity contribution in [2.75, 3.05) is 11.9 Å². The molecule has 0 saturated heterocycles. The summed E-state index contributed by atoms with van der Waals surface area (Å²) in [5.41, 5.74) is 6.39. The van der Waals surface area contributed by atoms with Crippen LogP contribution in [0.25, 0.3) is 0 Å². The molecule has 1 heterocycles. The van der Waals surface area contributed by atoms with E-state index in [1.54, 1.807) is 18.2 Å². The lowest BCUT2D eigenvalue weighted by Crippen LogP contribution is -2.14. The van der Waals surface area contributed by atoms with Crippen molar-refractivity contribution >= 4 is 11.6 Å². The molecule has 0 bridgehead atoms. The monoisotopic (exact) mass is 256 g/mol. The molecule has 1 aromatic heterocycles. The predicted molar refractivity (Wildman–Crippen MR) is 71.7 cm³/mol. The number of hydrogen-bond acceptors (Lipinski definition) is 3. The van der Waals surface area contributed by atoms with Crippen LogP contribution < -0.4 is 16.7 Å². The van der Waals surface area contributed by atoms with Crippen LogP contribution in [0.2, 0.25) is 0 Å². The summed E-state index contributed by atoms with van der Waals surface area (Å²) in [5, 5.41) is 2.66. The number of aromatic nitrogens is 2. The van der Waals surface area contributed by atoms with Crippen LogP contribution in [0.1, 0.15) is 16.1 Å². The predicted octanol–water partition coefficient (Wildman–Crippen LogP) is 0.265. The number of anilines is 1. The van der Waals surface area contributed by atoms with Crippen LogP contribution in [0.4, 0.5) is 5.69 Å². The fourth-order valence-electron chi connectivity index (χ4n) is 1.48. The van der Waals surface area contributed by atoms with Gasteiger partial charge in [-0.2, -0.15) is 0 Å². The Bertz CT molecular complexity index is 703. The van der Waals surface area contributed by atoms with Crippen LogP contribution in [-0.4, -0.2) is 22.4 Å². The zero-order valence-corrected chi connectivity index (χ0v) is 9.99. The van der Waals surface area contributed by atoms with Gasteiger partial charge in [0.25, 0.3) is 5.91 Å². The Kier molecular flexibility index (Phi) is 3.81. The molecule has 6 heteroatoms. The summed E-state index contributed by atoms with van der Waals surface area (Å²) in [6.07, 6.45) is 1.32. The van der Waals surface area contributed by atoms with Gasteiger partial charge in [0.2, 0.25) is 0 Å². The molecular formula is C13H12N4O2. The fraction of sp³-hybridized carbons (Fsp3) is 0.0769. The van der Waals surface area contributed by atoms with Crippen LogP contribution >= 0.6 is 0 Å². The first-order valence-corrected chi connectivity index (χ1v) is 5.57. The van der Waals surface area contributed by atoms with Crippen LogP contribution in [0.15, 0.2) is 35.3 Å². The largest absolute Gasteiger partial charge is 0.323 e. The van der Waals surface area contributed by atoms with E-state index in [9.17, 15) is 9.59 Å². The summed E-state index contributed by atoms with van der Waals surface area (Å²) >= 11 is 0. The number of hydrogen-bond donors (Lipinski definition) is 4. The van der Waals surface area contributed by atoms with Crippen molar-refractivity contribution in [1.82, 2.24) is 9.97 Å². The van der Waals surface area contributed by atoms with Gasteiger partial charge in [-0.15, -0.1) is 0 Å². The number of nitrogens with two attached hydrogens (primary N) is 1. The Hall–Kier alpha value is -2.78. The summed E-state index contributed by atoms with van der Waals surface area (Å²) < 4.78 is 0. The third-order valence-electron chi connectivity index (χ3n) is 2.30. The van der Waals surface area contributed by atoms with Crippen molar-refractivity contribution < 1.29 is 4.79 Å². The maximum absolute atomic E-state index is 11.8. The molecule has 0 fully saturated rings. The molecule has 1 amide bonds. The van der Waals surface area contributed by atoms with Crippen molar-refractivity contribution in [3.8, 4) is 11.8 Å². The third-order valence-corrected chi connectivity index (χ3v) is 2.30. The van der Waals surface area contributed by atoms with Gasteiger partial charge in [-0.25, -0.2) is 4.79 Å². The number of carbonyl (C=O) groups excluding carboxylic acids is 1. The summed E-state index contributed by atoms with van der Waals surface area (Å²) in [5.74, 6) is 5.20. The molecule has 2 aromatic rings. The van der Waals surface area contributed by atoms with Gasteiger partial charge < -0.3 is 21.0 Å². The van der Waals surface area contributed by atoms with E-state index in [0.717, 1.165) is 5.56 Å². The molecule has 96 valence electrons.